The molecular weight excluding hydrogens is 310 g/mol. The van der Waals surface area contributed by atoms with Gasteiger partial charge in [0, 0.05) is 23.8 Å². The van der Waals surface area contributed by atoms with Crippen LogP contribution in [0.25, 0.3) is 0 Å². The van der Waals surface area contributed by atoms with E-state index < -0.39 is 22.7 Å². The number of carbonyl (C=O) groups excluding carboxylic acids is 1. The van der Waals surface area contributed by atoms with Crippen molar-refractivity contribution < 1.29 is 14.5 Å². The summed E-state index contributed by atoms with van der Waals surface area (Å²) in [6.45, 7) is 3.44. The normalized spacial score (nSPS) is 19.7. The standard InChI is InChI=1S/C17H17N3O4/c1-4-9-24-17(21)15-11(3)18-19-14(5-2)16(15)12-7-6-8-13(10-12)20(22)23/h1,6-8,10,15-16H,5,9H2,2-3H3. The average Bonchev–Trinajstić information content (AvgIpc) is 2.59. The summed E-state index contributed by atoms with van der Waals surface area (Å²) in [4.78, 5) is 23.0. The molecule has 2 rings (SSSR count). The van der Waals surface area contributed by atoms with Crippen molar-refractivity contribution in [2.45, 2.75) is 26.2 Å². The largest absolute Gasteiger partial charge is 0.452 e. The van der Waals surface area contributed by atoms with E-state index >= 15 is 0 Å². The van der Waals surface area contributed by atoms with E-state index in [-0.39, 0.29) is 12.3 Å². The number of hydrogen-bond donors (Lipinski definition) is 0. The van der Waals surface area contributed by atoms with Crippen LogP contribution in [0.3, 0.4) is 0 Å². The summed E-state index contributed by atoms with van der Waals surface area (Å²) in [5, 5.41) is 19.3. The lowest BCUT2D eigenvalue weighted by Crippen LogP contribution is -2.36. The van der Waals surface area contributed by atoms with Crippen LogP contribution in [0, 0.1) is 28.4 Å². The lowest BCUT2D eigenvalue weighted by molar-refractivity contribution is -0.384. The molecule has 0 spiro atoms. The lowest BCUT2D eigenvalue weighted by Gasteiger charge is -2.28. The number of nitrogens with zero attached hydrogens (tertiary/aromatic N) is 3. The minimum atomic E-state index is -0.701. The molecule has 0 amide bonds. The Morgan fingerprint density at radius 3 is 2.83 bits per heavy atom. The zero-order valence-corrected chi connectivity index (χ0v) is 13.4. The molecule has 0 bridgehead atoms. The number of carbonyl (C=O) groups is 1. The van der Waals surface area contributed by atoms with Crippen LogP contribution in [0.1, 0.15) is 31.7 Å². The minimum absolute atomic E-state index is 0.0427. The molecule has 0 N–H and O–H groups in total. The van der Waals surface area contributed by atoms with Gasteiger partial charge in [0.25, 0.3) is 5.69 Å². The van der Waals surface area contributed by atoms with Crippen molar-refractivity contribution in [3.05, 3.63) is 39.9 Å². The number of nitro groups is 1. The number of nitro benzene ring substituents is 1. The van der Waals surface area contributed by atoms with Crippen molar-refractivity contribution in [1.82, 2.24) is 0 Å². The number of terminal acetylenes is 1. The number of benzene rings is 1. The molecule has 0 saturated heterocycles. The number of rotatable bonds is 5. The molecule has 1 aromatic carbocycles. The maximum Gasteiger partial charge on any atom is 0.316 e. The summed E-state index contributed by atoms with van der Waals surface area (Å²) in [5.41, 5.74) is 1.75. The monoisotopic (exact) mass is 327 g/mol. The van der Waals surface area contributed by atoms with Crippen molar-refractivity contribution in [3.63, 3.8) is 0 Å². The molecule has 0 radical (unpaired) electrons. The van der Waals surface area contributed by atoms with Gasteiger partial charge in [-0.15, -0.1) is 6.42 Å². The smallest absolute Gasteiger partial charge is 0.316 e. The summed E-state index contributed by atoms with van der Waals surface area (Å²) < 4.78 is 5.08. The highest BCUT2D eigenvalue weighted by Gasteiger charge is 2.39. The van der Waals surface area contributed by atoms with Gasteiger partial charge in [-0.1, -0.05) is 25.0 Å². The third-order valence-corrected chi connectivity index (χ3v) is 3.83. The maximum absolute atomic E-state index is 12.4. The van der Waals surface area contributed by atoms with Gasteiger partial charge in [0.2, 0.25) is 0 Å². The molecule has 1 heterocycles. The fraction of sp³-hybridized carbons (Fsp3) is 0.353. The van der Waals surface area contributed by atoms with Crippen molar-refractivity contribution in [3.8, 4) is 12.3 Å². The van der Waals surface area contributed by atoms with E-state index in [4.69, 9.17) is 11.2 Å². The molecule has 7 nitrogen and oxygen atoms in total. The molecule has 0 saturated carbocycles. The predicted octanol–water partition coefficient (Wildman–Crippen LogP) is 2.71. The highest BCUT2D eigenvalue weighted by atomic mass is 16.6. The Morgan fingerprint density at radius 2 is 2.21 bits per heavy atom. The Balaban J connectivity index is 2.48. The van der Waals surface area contributed by atoms with Crippen LogP contribution in [0.2, 0.25) is 0 Å². The lowest BCUT2D eigenvalue weighted by atomic mass is 9.78. The molecule has 7 heteroatoms. The van der Waals surface area contributed by atoms with Gasteiger partial charge in [-0.2, -0.15) is 10.2 Å². The molecule has 1 aliphatic rings. The topological polar surface area (TPSA) is 94.2 Å². The SMILES string of the molecule is C#CCOC(=O)C1C(C)=NN=C(CC)C1c1cccc([N+](=O)[O-])c1. The van der Waals surface area contributed by atoms with Crippen molar-refractivity contribution in [2.24, 2.45) is 16.1 Å². The van der Waals surface area contributed by atoms with Crippen molar-refractivity contribution in [2.75, 3.05) is 6.61 Å². The summed E-state index contributed by atoms with van der Waals surface area (Å²) in [6, 6.07) is 6.19. The minimum Gasteiger partial charge on any atom is -0.452 e. The zero-order valence-electron chi connectivity index (χ0n) is 13.4. The van der Waals surface area contributed by atoms with Gasteiger partial charge in [0.1, 0.15) is 5.92 Å². The summed E-state index contributed by atoms with van der Waals surface area (Å²) in [5.74, 6) is 0.584. The molecular formula is C17H17N3O4. The Bertz CT molecular complexity index is 761. The van der Waals surface area contributed by atoms with Gasteiger partial charge in [-0.25, -0.2) is 0 Å². The number of hydrogen-bond acceptors (Lipinski definition) is 6. The Kier molecular flexibility index (Phi) is 5.42. The molecule has 0 fully saturated rings. The van der Waals surface area contributed by atoms with Gasteiger partial charge in [0.05, 0.1) is 10.6 Å². The molecule has 2 unspecified atom stereocenters. The van der Waals surface area contributed by atoms with E-state index in [9.17, 15) is 14.9 Å². The van der Waals surface area contributed by atoms with Gasteiger partial charge in [-0.3, -0.25) is 14.9 Å². The molecule has 124 valence electrons. The van der Waals surface area contributed by atoms with Crippen LogP contribution < -0.4 is 0 Å². The second-order valence-electron chi connectivity index (χ2n) is 5.31. The first kappa shape index (κ1) is 17.3. The van der Waals surface area contributed by atoms with Crippen LogP contribution in [0.15, 0.2) is 34.5 Å². The van der Waals surface area contributed by atoms with Crippen LogP contribution in [-0.2, 0) is 9.53 Å². The summed E-state index contributed by atoms with van der Waals surface area (Å²) in [7, 11) is 0. The van der Waals surface area contributed by atoms with Crippen LogP contribution in [0.4, 0.5) is 5.69 Å². The highest BCUT2D eigenvalue weighted by Crippen LogP contribution is 2.34. The van der Waals surface area contributed by atoms with Crippen molar-refractivity contribution >= 4 is 23.1 Å². The third-order valence-electron chi connectivity index (χ3n) is 3.83. The van der Waals surface area contributed by atoms with Gasteiger partial charge in [0.15, 0.2) is 6.61 Å². The summed E-state index contributed by atoms with van der Waals surface area (Å²) in [6.07, 6.45) is 5.70. The molecule has 2 atom stereocenters. The average molecular weight is 327 g/mol. The Labute approximate surface area is 139 Å². The summed E-state index contributed by atoms with van der Waals surface area (Å²) >= 11 is 0. The predicted molar refractivity (Wildman–Crippen MR) is 90.0 cm³/mol. The zero-order chi connectivity index (χ0) is 17.7. The van der Waals surface area contributed by atoms with E-state index in [1.807, 2.05) is 6.92 Å². The van der Waals surface area contributed by atoms with Gasteiger partial charge >= 0.3 is 5.97 Å². The second kappa shape index (κ2) is 7.51. The van der Waals surface area contributed by atoms with Gasteiger partial charge < -0.3 is 4.74 Å². The third kappa shape index (κ3) is 3.49. The van der Waals surface area contributed by atoms with E-state index in [0.717, 1.165) is 0 Å². The first-order chi connectivity index (χ1) is 11.5. The first-order valence-electron chi connectivity index (χ1n) is 7.45. The van der Waals surface area contributed by atoms with Crippen LogP contribution >= 0.6 is 0 Å². The maximum atomic E-state index is 12.4. The van der Waals surface area contributed by atoms with Crippen LogP contribution in [-0.4, -0.2) is 28.9 Å². The number of ether oxygens (including phenoxy) is 1. The number of esters is 1. The highest BCUT2D eigenvalue weighted by molar-refractivity contribution is 6.10. The Hall–Kier alpha value is -3.01. The second-order valence-corrected chi connectivity index (χ2v) is 5.31. The molecule has 24 heavy (non-hydrogen) atoms. The number of non-ortho nitro benzene ring substituents is 1. The molecule has 0 aromatic heterocycles. The molecule has 1 aromatic rings. The van der Waals surface area contributed by atoms with E-state index in [0.29, 0.717) is 23.4 Å². The Morgan fingerprint density at radius 1 is 1.46 bits per heavy atom. The van der Waals surface area contributed by atoms with E-state index in [2.05, 4.69) is 16.1 Å². The fourth-order valence-corrected chi connectivity index (χ4v) is 2.72. The van der Waals surface area contributed by atoms with E-state index in [1.165, 1.54) is 12.1 Å². The molecule has 0 aliphatic carbocycles. The van der Waals surface area contributed by atoms with Crippen LogP contribution in [0.5, 0.6) is 0 Å². The van der Waals surface area contributed by atoms with Gasteiger partial charge in [-0.05, 0) is 18.9 Å². The first-order valence-corrected chi connectivity index (χ1v) is 7.45. The van der Waals surface area contributed by atoms with E-state index in [1.54, 1.807) is 19.1 Å². The quantitative estimate of drug-likeness (QED) is 0.359. The molecule has 1 aliphatic heterocycles. The fourth-order valence-electron chi connectivity index (χ4n) is 2.72. The van der Waals surface area contributed by atoms with Crippen molar-refractivity contribution in [1.29, 1.82) is 0 Å².